The molecule has 7 heteroatoms. The molecule has 0 amide bonds. The van der Waals surface area contributed by atoms with E-state index in [2.05, 4.69) is 0 Å². The molecule has 0 unspecified atom stereocenters. The van der Waals surface area contributed by atoms with Crippen molar-refractivity contribution in [3.05, 3.63) is 33.9 Å². The number of aliphatic hydroxyl groups excluding tert-OH is 1. The molecule has 2 N–H and O–H groups in total. The highest BCUT2D eigenvalue weighted by atomic mass is 16.6. The summed E-state index contributed by atoms with van der Waals surface area (Å²) in [5.41, 5.74) is -0.0120. The van der Waals surface area contributed by atoms with Crippen molar-refractivity contribution in [2.75, 3.05) is 25.1 Å². The van der Waals surface area contributed by atoms with Crippen LogP contribution in [0.5, 0.6) is 0 Å². The fraction of sp³-hybridized carbons (Fsp3) is 0.300. The number of carbonyl (C=O) groups is 1. The third-order valence-corrected chi connectivity index (χ3v) is 2.27. The number of aromatic carboxylic acids is 1. The minimum Gasteiger partial charge on any atom is -0.478 e. The summed E-state index contributed by atoms with van der Waals surface area (Å²) in [5.74, 6) is -1.17. The van der Waals surface area contributed by atoms with Crippen LogP contribution in [-0.2, 0) is 0 Å². The van der Waals surface area contributed by atoms with Gasteiger partial charge in [-0.2, -0.15) is 0 Å². The van der Waals surface area contributed by atoms with Gasteiger partial charge in [-0.1, -0.05) is 0 Å². The van der Waals surface area contributed by atoms with E-state index < -0.39 is 10.9 Å². The first-order valence-corrected chi connectivity index (χ1v) is 4.81. The highest BCUT2D eigenvalue weighted by Gasteiger charge is 2.17. The lowest BCUT2D eigenvalue weighted by molar-refractivity contribution is -0.384. The first-order chi connectivity index (χ1) is 7.97. The number of non-ortho nitro benzene ring substituents is 1. The number of nitro benzene ring substituents is 1. The normalized spacial score (nSPS) is 10.0. The Hall–Kier alpha value is -2.15. The first kappa shape index (κ1) is 12.9. The van der Waals surface area contributed by atoms with Gasteiger partial charge in [-0.25, -0.2) is 4.79 Å². The van der Waals surface area contributed by atoms with Crippen LogP contribution in [0.3, 0.4) is 0 Å². The van der Waals surface area contributed by atoms with Crippen LogP contribution in [0.25, 0.3) is 0 Å². The van der Waals surface area contributed by atoms with Gasteiger partial charge in [-0.05, 0) is 6.07 Å². The van der Waals surface area contributed by atoms with Gasteiger partial charge in [0.1, 0.15) is 0 Å². The Morgan fingerprint density at radius 2 is 2.18 bits per heavy atom. The van der Waals surface area contributed by atoms with Gasteiger partial charge in [-0.3, -0.25) is 10.1 Å². The molecule has 0 bridgehead atoms. The molecule has 1 aromatic carbocycles. The molecule has 0 fully saturated rings. The van der Waals surface area contributed by atoms with Gasteiger partial charge in [0.2, 0.25) is 0 Å². The Morgan fingerprint density at radius 3 is 2.65 bits per heavy atom. The van der Waals surface area contributed by atoms with Crippen LogP contribution in [0.4, 0.5) is 11.4 Å². The van der Waals surface area contributed by atoms with E-state index in [0.717, 1.165) is 6.07 Å². The molecule has 0 aliphatic carbocycles. The minimum atomic E-state index is -1.17. The van der Waals surface area contributed by atoms with Crippen LogP contribution < -0.4 is 4.90 Å². The van der Waals surface area contributed by atoms with E-state index in [9.17, 15) is 14.9 Å². The van der Waals surface area contributed by atoms with E-state index >= 15 is 0 Å². The molecule has 0 aliphatic heterocycles. The predicted octanol–water partition coefficient (Wildman–Crippen LogP) is 0.721. The molecule has 0 aromatic heterocycles. The Bertz CT molecular complexity index is 446. The number of anilines is 1. The zero-order chi connectivity index (χ0) is 13.0. The molecule has 0 spiro atoms. The molecule has 0 heterocycles. The number of aliphatic hydroxyl groups is 1. The van der Waals surface area contributed by atoms with E-state index in [1.807, 2.05) is 0 Å². The first-order valence-electron chi connectivity index (χ1n) is 4.81. The molecule has 0 saturated heterocycles. The maximum atomic E-state index is 11.0. The molecular formula is C10H12N2O5. The summed E-state index contributed by atoms with van der Waals surface area (Å²) in [4.78, 5) is 22.4. The third-order valence-electron chi connectivity index (χ3n) is 2.27. The number of hydrogen-bond donors (Lipinski definition) is 2. The summed E-state index contributed by atoms with van der Waals surface area (Å²) in [6, 6.07) is 3.50. The lowest BCUT2D eigenvalue weighted by Gasteiger charge is -2.19. The lowest BCUT2D eigenvalue weighted by Crippen LogP contribution is -2.23. The van der Waals surface area contributed by atoms with Crippen LogP contribution in [0.1, 0.15) is 10.4 Å². The quantitative estimate of drug-likeness (QED) is 0.580. The molecule has 1 aromatic rings. The number of hydrogen-bond acceptors (Lipinski definition) is 5. The molecule has 17 heavy (non-hydrogen) atoms. The van der Waals surface area contributed by atoms with Gasteiger partial charge in [-0.15, -0.1) is 0 Å². The van der Waals surface area contributed by atoms with Crippen molar-refractivity contribution >= 4 is 17.3 Å². The maximum absolute atomic E-state index is 11.0. The maximum Gasteiger partial charge on any atom is 0.337 e. The topological polar surface area (TPSA) is 104 Å². The van der Waals surface area contributed by atoms with Gasteiger partial charge in [0.15, 0.2) is 0 Å². The van der Waals surface area contributed by atoms with E-state index in [1.54, 1.807) is 7.05 Å². The smallest absolute Gasteiger partial charge is 0.337 e. The second-order valence-corrected chi connectivity index (χ2v) is 3.41. The van der Waals surface area contributed by atoms with E-state index in [-0.39, 0.29) is 30.1 Å². The monoisotopic (exact) mass is 240 g/mol. The molecule has 1 rings (SSSR count). The largest absolute Gasteiger partial charge is 0.478 e. The standard InChI is InChI=1S/C10H12N2O5/c1-11(4-5-13)9-6-7(12(16)17)2-3-8(9)10(14)15/h2-3,6,13H,4-5H2,1H3,(H,14,15). The third kappa shape index (κ3) is 2.91. The van der Waals surface area contributed by atoms with Gasteiger partial charge in [0.25, 0.3) is 5.69 Å². The fourth-order valence-electron chi connectivity index (χ4n) is 1.40. The summed E-state index contributed by atoms with van der Waals surface area (Å²) in [6.07, 6.45) is 0. The number of likely N-dealkylation sites (N-methyl/N-ethyl adjacent to an activating group) is 1. The van der Waals surface area contributed by atoms with Crippen molar-refractivity contribution in [1.29, 1.82) is 0 Å². The van der Waals surface area contributed by atoms with Crippen LogP contribution in [-0.4, -0.2) is 41.3 Å². The van der Waals surface area contributed by atoms with Crippen molar-refractivity contribution in [2.45, 2.75) is 0 Å². The van der Waals surface area contributed by atoms with Crippen molar-refractivity contribution < 1.29 is 19.9 Å². The molecule has 0 saturated carbocycles. The van der Waals surface area contributed by atoms with E-state index in [0.29, 0.717) is 0 Å². The number of carboxylic acid groups (broad SMARTS) is 1. The minimum absolute atomic E-state index is 0.0356. The average Bonchev–Trinajstić information content (AvgIpc) is 2.28. The zero-order valence-electron chi connectivity index (χ0n) is 9.16. The molecule has 0 aliphatic rings. The second kappa shape index (κ2) is 5.26. The second-order valence-electron chi connectivity index (χ2n) is 3.41. The molecule has 92 valence electrons. The van der Waals surface area contributed by atoms with Crippen LogP contribution in [0.15, 0.2) is 18.2 Å². The number of benzene rings is 1. The molecule has 0 atom stereocenters. The van der Waals surface area contributed by atoms with E-state index in [4.69, 9.17) is 10.2 Å². The summed E-state index contributed by atoms with van der Waals surface area (Å²) < 4.78 is 0. The predicted molar refractivity (Wildman–Crippen MR) is 60.4 cm³/mol. The molecule has 7 nitrogen and oxygen atoms in total. The van der Waals surface area contributed by atoms with Crippen molar-refractivity contribution in [3.63, 3.8) is 0 Å². The Labute approximate surface area is 97.1 Å². The summed E-state index contributed by atoms with van der Waals surface area (Å²) in [5, 5.41) is 28.3. The van der Waals surface area contributed by atoms with Crippen LogP contribution in [0.2, 0.25) is 0 Å². The average molecular weight is 240 g/mol. The summed E-state index contributed by atoms with van der Waals surface area (Å²) >= 11 is 0. The van der Waals surface area contributed by atoms with Crippen LogP contribution in [0, 0.1) is 10.1 Å². The van der Waals surface area contributed by atoms with E-state index in [1.165, 1.54) is 17.0 Å². The van der Waals surface area contributed by atoms with Crippen molar-refractivity contribution in [3.8, 4) is 0 Å². The zero-order valence-corrected chi connectivity index (χ0v) is 9.16. The SMILES string of the molecule is CN(CCO)c1cc([N+](=O)[O-])ccc1C(=O)O. The van der Waals surface area contributed by atoms with Gasteiger partial charge >= 0.3 is 5.97 Å². The highest BCUT2D eigenvalue weighted by Crippen LogP contribution is 2.25. The van der Waals surface area contributed by atoms with Crippen molar-refractivity contribution in [2.24, 2.45) is 0 Å². The number of nitrogens with zero attached hydrogens (tertiary/aromatic N) is 2. The lowest BCUT2D eigenvalue weighted by atomic mass is 10.1. The Balaban J connectivity index is 3.24. The highest BCUT2D eigenvalue weighted by molar-refractivity contribution is 5.95. The Kier molecular flexibility index (Phi) is 4.00. The summed E-state index contributed by atoms with van der Waals surface area (Å²) in [7, 11) is 1.56. The molecular weight excluding hydrogens is 228 g/mol. The van der Waals surface area contributed by atoms with Gasteiger partial charge in [0, 0.05) is 25.7 Å². The number of rotatable bonds is 5. The van der Waals surface area contributed by atoms with Crippen molar-refractivity contribution in [1.82, 2.24) is 0 Å². The number of carboxylic acids is 1. The number of nitro groups is 1. The van der Waals surface area contributed by atoms with Crippen LogP contribution >= 0.6 is 0 Å². The fourth-order valence-corrected chi connectivity index (χ4v) is 1.40. The van der Waals surface area contributed by atoms with Gasteiger partial charge < -0.3 is 15.1 Å². The summed E-state index contributed by atoms with van der Waals surface area (Å²) in [6.45, 7) is 0.0275. The Morgan fingerprint density at radius 1 is 1.53 bits per heavy atom. The van der Waals surface area contributed by atoms with Gasteiger partial charge in [0.05, 0.1) is 22.8 Å². The molecule has 0 radical (unpaired) electrons.